The fraction of sp³-hybridized carbons (Fsp3) is 0.808. The minimum Gasteiger partial charge on any atom is -0.479 e. The maximum absolute atomic E-state index is 12.6. The van der Waals surface area contributed by atoms with Crippen molar-refractivity contribution < 1.29 is 33.8 Å². The molecule has 208 valence electrons. The van der Waals surface area contributed by atoms with Crippen LogP contribution in [0.4, 0.5) is 4.79 Å². The first-order valence-electron chi connectivity index (χ1n) is 13.5. The topological polar surface area (TPSA) is 154 Å². The van der Waals surface area contributed by atoms with E-state index in [-0.39, 0.29) is 47.9 Å². The maximum atomic E-state index is 12.6. The van der Waals surface area contributed by atoms with Crippen molar-refractivity contribution in [3.63, 3.8) is 0 Å². The molecular formula is C26H41N3O7S. The third-order valence-corrected chi connectivity index (χ3v) is 8.70. The van der Waals surface area contributed by atoms with E-state index in [2.05, 4.69) is 16.0 Å². The van der Waals surface area contributed by atoms with Gasteiger partial charge in [0, 0.05) is 42.7 Å². The maximum Gasteiger partial charge on any atom is 0.336 e. The average Bonchev–Trinajstić information content (AvgIpc) is 3.45. The van der Waals surface area contributed by atoms with Crippen molar-refractivity contribution in [1.82, 2.24) is 16.0 Å². The number of carbonyl (C=O) groups is 5. The van der Waals surface area contributed by atoms with Crippen molar-refractivity contribution in [3.05, 3.63) is 0 Å². The molecule has 0 aromatic heterocycles. The number of ether oxygens (including phenoxy) is 1. The summed E-state index contributed by atoms with van der Waals surface area (Å²) in [7, 11) is 0. The van der Waals surface area contributed by atoms with Crippen LogP contribution < -0.4 is 16.0 Å². The van der Waals surface area contributed by atoms with Gasteiger partial charge in [-0.05, 0) is 38.0 Å². The summed E-state index contributed by atoms with van der Waals surface area (Å²) in [6, 6.07) is 0.382. The van der Waals surface area contributed by atoms with E-state index in [0.717, 1.165) is 44.3 Å². The molecule has 10 nitrogen and oxygen atoms in total. The number of aliphatic carboxylic acids is 1. The molecule has 3 fully saturated rings. The number of carboxylic acids is 1. The lowest BCUT2D eigenvalue weighted by Gasteiger charge is -2.18. The lowest BCUT2D eigenvalue weighted by molar-refractivity contribution is -0.138. The van der Waals surface area contributed by atoms with Crippen LogP contribution in [-0.4, -0.2) is 76.4 Å². The fourth-order valence-electron chi connectivity index (χ4n) is 5.17. The van der Waals surface area contributed by atoms with Crippen LogP contribution >= 0.6 is 11.8 Å². The highest BCUT2D eigenvalue weighted by Gasteiger charge is 2.50. The highest BCUT2D eigenvalue weighted by molar-refractivity contribution is 8.00. The number of thioether (sulfide) groups is 1. The summed E-state index contributed by atoms with van der Waals surface area (Å²) in [5.41, 5.74) is 0. The molecule has 0 aromatic rings. The molecule has 4 N–H and O–H groups in total. The SMILES string of the molecule is CC(C)C[C@H](CC(=O)C1O[C@@H]1C(=O)O)C(=O)NCCCCCC(=O)CCCC[C@@H]1SC[C@@H]2NC(=O)N[C@@H]21. The van der Waals surface area contributed by atoms with E-state index in [0.29, 0.717) is 31.1 Å². The van der Waals surface area contributed by atoms with Crippen molar-refractivity contribution in [2.75, 3.05) is 12.3 Å². The van der Waals surface area contributed by atoms with Crippen LogP contribution in [0.2, 0.25) is 0 Å². The predicted octanol–water partition coefficient (Wildman–Crippen LogP) is 2.43. The van der Waals surface area contributed by atoms with E-state index < -0.39 is 24.1 Å². The smallest absolute Gasteiger partial charge is 0.336 e. The molecule has 0 spiro atoms. The van der Waals surface area contributed by atoms with Crippen molar-refractivity contribution >= 4 is 41.2 Å². The van der Waals surface area contributed by atoms with Crippen LogP contribution in [0, 0.1) is 11.8 Å². The van der Waals surface area contributed by atoms with Crippen LogP contribution in [0.25, 0.3) is 0 Å². The first-order valence-corrected chi connectivity index (χ1v) is 14.6. The number of Topliss-reactive ketones (excluding diaryl/α,β-unsaturated/α-hetero) is 2. The van der Waals surface area contributed by atoms with Gasteiger partial charge in [-0.2, -0.15) is 11.8 Å². The summed E-state index contributed by atoms with van der Waals surface area (Å²) in [4.78, 5) is 59.5. The van der Waals surface area contributed by atoms with E-state index in [1.54, 1.807) is 0 Å². The number of rotatable bonds is 18. The minimum atomic E-state index is -1.15. The summed E-state index contributed by atoms with van der Waals surface area (Å²) in [6.07, 6.45) is 4.92. The van der Waals surface area contributed by atoms with Crippen LogP contribution in [0.1, 0.15) is 78.1 Å². The van der Waals surface area contributed by atoms with Gasteiger partial charge in [0.1, 0.15) is 5.78 Å². The second-order valence-corrected chi connectivity index (χ2v) is 12.1. The predicted molar refractivity (Wildman–Crippen MR) is 139 cm³/mol. The molecule has 3 rings (SSSR count). The largest absolute Gasteiger partial charge is 0.479 e. The lowest BCUT2D eigenvalue weighted by atomic mass is 9.90. The van der Waals surface area contributed by atoms with Crippen LogP contribution in [0.3, 0.4) is 0 Å². The zero-order valence-corrected chi connectivity index (χ0v) is 22.6. The lowest BCUT2D eigenvalue weighted by Crippen LogP contribution is -2.36. The third-order valence-electron chi connectivity index (χ3n) is 7.19. The number of unbranched alkanes of at least 4 members (excludes halogenated alkanes) is 3. The van der Waals surface area contributed by atoms with Crippen LogP contribution in [-0.2, 0) is 23.9 Å². The molecule has 3 heterocycles. The number of hydrogen-bond donors (Lipinski definition) is 4. The molecule has 3 amide bonds. The Morgan fingerprint density at radius 2 is 1.78 bits per heavy atom. The number of urea groups is 1. The van der Waals surface area contributed by atoms with Crippen LogP contribution in [0.15, 0.2) is 0 Å². The molecule has 0 aromatic carbocycles. The normalized spacial score (nSPS) is 26.8. The first-order chi connectivity index (χ1) is 17.7. The molecule has 0 radical (unpaired) electrons. The molecule has 6 atom stereocenters. The molecule has 3 aliphatic rings. The number of epoxide rings is 1. The Morgan fingerprint density at radius 1 is 1.05 bits per heavy atom. The molecule has 3 saturated heterocycles. The fourth-order valence-corrected chi connectivity index (χ4v) is 6.72. The van der Waals surface area contributed by atoms with Crippen LogP contribution in [0.5, 0.6) is 0 Å². The average molecular weight is 540 g/mol. The number of amides is 3. The van der Waals surface area contributed by atoms with Gasteiger partial charge in [-0.3, -0.25) is 14.4 Å². The highest BCUT2D eigenvalue weighted by Crippen LogP contribution is 2.33. The Labute approximate surface area is 222 Å². The number of nitrogens with one attached hydrogen (secondary N) is 3. The van der Waals surface area contributed by atoms with Gasteiger partial charge in [-0.1, -0.05) is 26.7 Å². The summed E-state index contributed by atoms with van der Waals surface area (Å²) in [6.45, 7) is 4.44. The number of fused-ring (bicyclic) bond motifs is 1. The third kappa shape index (κ3) is 9.28. The van der Waals surface area contributed by atoms with Gasteiger partial charge in [0.15, 0.2) is 18.0 Å². The quantitative estimate of drug-likeness (QED) is 0.118. The molecule has 0 bridgehead atoms. The van der Waals surface area contributed by atoms with Crippen molar-refractivity contribution in [3.8, 4) is 0 Å². The van der Waals surface area contributed by atoms with Gasteiger partial charge in [-0.25, -0.2) is 9.59 Å². The first kappa shape index (κ1) is 29.4. The zero-order valence-electron chi connectivity index (χ0n) is 21.8. The Balaban J connectivity index is 1.21. The van der Waals surface area contributed by atoms with Gasteiger partial charge in [0.05, 0.1) is 12.1 Å². The summed E-state index contributed by atoms with van der Waals surface area (Å²) < 4.78 is 4.92. The summed E-state index contributed by atoms with van der Waals surface area (Å²) in [5.74, 6) is -0.727. The number of ketones is 2. The summed E-state index contributed by atoms with van der Waals surface area (Å²) >= 11 is 1.90. The Kier molecular flexibility index (Phi) is 11.2. The number of carbonyl (C=O) groups excluding carboxylic acids is 4. The Morgan fingerprint density at radius 3 is 2.46 bits per heavy atom. The van der Waals surface area contributed by atoms with Gasteiger partial charge >= 0.3 is 12.0 Å². The van der Waals surface area contributed by atoms with Gasteiger partial charge in [-0.15, -0.1) is 0 Å². The molecule has 11 heteroatoms. The van der Waals surface area contributed by atoms with E-state index in [9.17, 15) is 24.0 Å². The second kappa shape index (κ2) is 14.1. The monoisotopic (exact) mass is 539 g/mol. The Bertz CT molecular complexity index is 852. The van der Waals surface area contributed by atoms with Crippen molar-refractivity contribution in [2.45, 2.75) is 108 Å². The molecule has 3 aliphatic heterocycles. The number of carboxylic acid groups (broad SMARTS) is 1. The van der Waals surface area contributed by atoms with E-state index >= 15 is 0 Å². The van der Waals surface area contributed by atoms with Crippen molar-refractivity contribution in [2.24, 2.45) is 11.8 Å². The summed E-state index contributed by atoms with van der Waals surface area (Å²) in [5, 5.41) is 18.2. The zero-order chi connectivity index (χ0) is 26.9. The van der Waals surface area contributed by atoms with E-state index in [1.165, 1.54) is 0 Å². The van der Waals surface area contributed by atoms with Gasteiger partial charge in [0.25, 0.3) is 0 Å². The highest BCUT2D eigenvalue weighted by atomic mass is 32.2. The number of hydrogen-bond acceptors (Lipinski definition) is 7. The molecule has 1 unspecified atom stereocenters. The molecule has 37 heavy (non-hydrogen) atoms. The van der Waals surface area contributed by atoms with E-state index in [1.807, 2.05) is 25.6 Å². The molecule has 0 saturated carbocycles. The molecular weight excluding hydrogens is 498 g/mol. The molecule has 0 aliphatic carbocycles. The Hall–Kier alpha value is -2.14. The standard InChI is InChI=1S/C26H41N3O7S/c1-15(2)12-16(13-19(31)22-23(36-22)25(33)34)24(32)27-11-7-3-4-8-17(30)9-5-6-10-20-21-18(14-37-20)28-26(35)29-21/h15-16,18,20-23H,3-14H2,1-2H3,(H,27,32)(H,33,34)(H2,28,29,35)/t16-,18+,20+,21+,22?,23+/m1/s1. The van der Waals surface area contributed by atoms with Gasteiger partial charge in [0.2, 0.25) is 5.91 Å². The van der Waals surface area contributed by atoms with Gasteiger partial charge < -0.3 is 25.8 Å². The van der Waals surface area contributed by atoms with E-state index in [4.69, 9.17) is 9.84 Å². The second-order valence-electron chi connectivity index (χ2n) is 10.8. The minimum absolute atomic E-state index is 0.0147. The van der Waals surface area contributed by atoms with Crippen molar-refractivity contribution in [1.29, 1.82) is 0 Å².